The van der Waals surface area contributed by atoms with E-state index in [0.29, 0.717) is 17.9 Å². The fourth-order valence-electron chi connectivity index (χ4n) is 4.32. The van der Waals surface area contributed by atoms with Gasteiger partial charge in [0.25, 0.3) is 0 Å². The van der Waals surface area contributed by atoms with Gasteiger partial charge in [0.1, 0.15) is 17.0 Å². The van der Waals surface area contributed by atoms with Crippen molar-refractivity contribution in [3.8, 4) is 0 Å². The van der Waals surface area contributed by atoms with Crippen molar-refractivity contribution in [2.24, 2.45) is 4.99 Å². The summed E-state index contributed by atoms with van der Waals surface area (Å²) in [5, 5.41) is 4.23. The lowest BCUT2D eigenvalue weighted by Gasteiger charge is -2.37. The highest BCUT2D eigenvalue weighted by Crippen LogP contribution is 2.39. The third-order valence-electron chi connectivity index (χ3n) is 5.51. The van der Waals surface area contributed by atoms with Crippen molar-refractivity contribution in [1.82, 2.24) is 5.32 Å². The smallest absolute Gasteiger partial charge is 0.347 e. The molecule has 0 bridgehead atoms. The van der Waals surface area contributed by atoms with E-state index in [0.717, 1.165) is 49.0 Å². The quantitative estimate of drug-likeness (QED) is 0.814. The van der Waals surface area contributed by atoms with Crippen LogP contribution in [0.1, 0.15) is 36.5 Å². The first-order chi connectivity index (χ1) is 12.2. The first-order valence-electron chi connectivity index (χ1n) is 9.09. The Balaban J connectivity index is 1.71. The largest absolute Gasteiger partial charge is 0.422 e. The Kier molecular flexibility index (Phi) is 3.23. The second kappa shape index (κ2) is 5.48. The second-order valence-corrected chi connectivity index (χ2v) is 7.03. The Labute approximate surface area is 146 Å². The minimum atomic E-state index is -0.305. The van der Waals surface area contributed by atoms with Gasteiger partial charge in [0.15, 0.2) is 0 Å². The summed E-state index contributed by atoms with van der Waals surface area (Å²) in [6, 6.07) is 4.17. The highest BCUT2D eigenvalue weighted by molar-refractivity contribution is 6.03. The van der Waals surface area contributed by atoms with E-state index in [1.54, 1.807) is 0 Å². The van der Waals surface area contributed by atoms with Crippen LogP contribution < -0.4 is 15.8 Å². The minimum absolute atomic E-state index is 0.305. The van der Waals surface area contributed by atoms with E-state index in [2.05, 4.69) is 21.3 Å². The average Bonchev–Trinajstić information content (AvgIpc) is 3.11. The van der Waals surface area contributed by atoms with Gasteiger partial charge in [0, 0.05) is 35.4 Å². The van der Waals surface area contributed by atoms with E-state index in [9.17, 15) is 4.79 Å². The number of amidine groups is 1. The summed E-state index contributed by atoms with van der Waals surface area (Å²) >= 11 is 0. The predicted molar refractivity (Wildman–Crippen MR) is 99.6 cm³/mol. The first kappa shape index (κ1) is 14.8. The van der Waals surface area contributed by atoms with E-state index < -0.39 is 0 Å². The molecule has 5 heteroatoms. The van der Waals surface area contributed by atoms with Gasteiger partial charge in [-0.1, -0.05) is 6.08 Å². The van der Waals surface area contributed by atoms with Crippen LogP contribution in [-0.2, 0) is 12.8 Å². The molecule has 25 heavy (non-hydrogen) atoms. The molecule has 0 unspecified atom stereocenters. The molecule has 0 spiro atoms. The number of aliphatic imine (C=N–C) groups is 1. The number of fused-ring (bicyclic) bond motifs is 2. The monoisotopic (exact) mass is 335 g/mol. The van der Waals surface area contributed by atoms with Gasteiger partial charge in [0.2, 0.25) is 0 Å². The van der Waals surface area contributed by atoms with Gasteiger partial charge in [-0.15, -0.1) is 0 Å². The Bertz CT molecular complexity index is 998. The lowest BCUT2D eigenvalue weighted by Crippen LogP contribution is -2.34. The Morgan fingerprint density at radius 1 is 1.24 bits per heavy atom. The molecule has 0 amide bonds. The molecule has 0 radical (unpaired) electrons. The van der Waals surface area contributed by atoms with Crippen LogP contribution in [0.25, 0.3) is 11.0 Å². The first-order valence-corrected chi connectivity index (χ1v) is 9.09. The summed E-state index contributed by atoms with van der Waals surface area (Å²) < 4.78 is 5.82. The van der Waals surface area contributed by atoms with Gasteiger partial charge in [-0.25, -0.2) is 4.79 Å². The third kappa shape index (κ3) is 2.22. The second-order valence-electron chi connectivity index (χ2n) is 7.03. The van der Waals surface area contributed by atoms with Crippen LogP contribution in [0.2, 0.25) is 0 Å². The number of allylic oxidation sites excluding steroid dienone is 1. The van der Waals surface area contributed by atoms with Crippen LogP contribution >= 0.6 is 0 Å². The van der Waals surface area contributed by atoms with Crippen LogP contribution in [0.4, 0.5) is 5.69 Å². The molecule has 1 N–H and O–H groups in total. The highest BCUT2D eigenvalue weighted by atomic mass is 16.4. The maximum Gasteiger partial charge on any atom is 0.347 e. The van der Waals surface area contributed by atoms with E-state index in [1.807, 2.05) is 19.1 Å². The zero-order chi connectivity index (χ0) is 17.0. The molecule has 128 valence electrons. The van der Waals surface area contributed by atoms with Gasteiger partial charge in [-0.3, -0.25) is 4.99 Å². The van der Waals surface area contributed by atoms with Crippen molar-refractivity contribution >= 4 is 22.5 Å². The van der Waals surface area contributed by atoms with Crippen LogP contribution in [0.15, 0.2) is 38.1 Å². The highest BCUT2D eigenvalue weighted by Gasteiger charge is 2.27. The molecule has 0 saturated carbocycles. The number of benzene rings is 1. The van der Waals surface area contributed by atoms with E-state index in [-0.39, 0.29) is 5.63 Å². The van der Waals surface area contributed by atoms with E-state index in [4.69, 9.17) is 4.42 Å². The molecule has 4 heterocycles. The van der Waals surface area contributed by atoms with Crippen molar-refractivity contribution in [3.63, 3.8) is 0 Å². The SMILES string of the molecule is C/C=C1\CN=C(c2cc3cc4c5c(c3oc2=O)CCCN5CCC4)N1. The molecule has 0 atom stereocenters. The number of rotatable bonds is 1. The lowest BCUT2D eigenvalue weighted by molar-refractivity contribution is 0.548. The molecular weight excluding hydrogens is 314 g/mol. The summed E-state index contributed by atoms with van der Waals surface area (Å²) in [7, 11) is 0. The lowest BCUT2D eigenvalue weighted by atomic mass is 9.90. The number of hydrogen-bond donors (Lipinski definition) is 1. The zero-order valence-corrected chi connectivity index (χ0v) is 14.4. The molecule has 1 aromatic carbocycles. The Morgan fingerprint density at radius 3 is 2.88 bits per heavy atom. The average molecular weight is 335 g/mol. The van der Waals surface area contributed by atoms with Crippen LogP contribution in [0, 0.1) is 0 Å². The van der Waals surface area contributed by atoms with Crippen molar-refractivity contribution in [2.45, 2.75) is 32.6 Å². The molecule has 3 aliphatic rings. The third-order valence-corrected chi connectivity index (χ3v) is 5.51. The standard InChI is InChI=1S/C20H21N3O2/c1-2-14-11-21-19(22-14)16-10-13-9-12-5-3-7-23-8-4-6-15(17(12)23)18(13)25-20(16)24/h2,9-10H,3-8,11H2,1H3,(H,21,22)/b14-2+. The minimum Gasteiger partial charge on any atom is -0.422 e. The van der Waals surface area contributed by atoms with Gasteiger partial charge in [0.05, 0.1) is 6.54 Å². The van der Waals surface area contributed by atoms with Gasteiger partial charge in [-0.05, 0) is 50.3 Å². The van der Waals surface area contributed by atoms with E-state index in [1.165, 1.54) is 23.2 Å². The van der Waals surface area contributed by atoms with Crippen molar-refractivity contribution in [3.05, 3.63) is 51.0 Å². The van der Waals surface area contributed by atoms with Crippen molar-refractivity contribution < 1.29 is 4.42 Å². The number of anilines is 1. The Morgan fingerprint density at radius 2 is 2.08 bits per heavy atom. The molecule has 0 fully saturated rings. The number of nitrogens with zero attached hydrogens (tertiary/aromatic N) is 2. The maximum atomic E-state index is 12.6. The normalized spacial score (nSPS) is 20.6. The van der Waals surface area contributed by atoms with Crippen molar-refractivity contribution in [1.29, 1.82) is 0 Å². The number of aryl methyl sites for hydroxylation is 2. The number of hydrogen-bond acceptors (Lipinski definition) is 5. The summed E-state index contributed by atoms with van der Waals surface area (Å²) in [4.78, 5) is 19.5. The molecule has 0 aliphatic carbocycles. The van der Waals surface area contributed by atoms with Gasteiger partial charge in [-0.2, -0.15) is 0 Å². The summed E-state index contributed by atoms with van der Waals surface area (Å²) in [5.74, 6) is 0.622. The summed E-state index contributed by atoms with van der Waals surface area (Å²) in [6.07, 6.45) is 6.39. The molecule has 5 nitrogen and oxygen atoms in total. The van der Waals surface area contributed by atoms with Crippen LogP contribution in [0.5, 0.6) is 0 Å². The molecule has 3 aliphatic heterocycles. The fraction of sp³-hybridized carbons (Fsp3) is 0.400. The molecule has 2 aromatic rings. The zero-order valence-electron chi connectivity index (χ0n) is 14.4. The molecule has 5 rings (SSSR count). The Hall–Kier alpha value is -2.56. The van der Waals surface area contributed by atoms with E-state index >= 15 is 0 Å². The van der Waals surface area contributed by atoms with Crippen LogP contribution in [-0.4, -0.2) is 25.5 Å². The summed E-state index contributed by atoms with van der Waals surface area (Å²) in [6.45, 7) is 4.78. The van der Waals surface area contributed by atoms with Gasteiger partial charge < -0.3 is 14.6 Å². The molecule has 1 aromatic heterocycles. The molecular formula is C20H21N3O2. The number of nitrogens with one attached hydrogen (secondary N) is 1. The van der Waals surface area contributed by atoms with Gasteiger partial charge >= 0.3 is 5.63 Å². The van der Waals surface area contributed by atoms with Crippen LogP contribution in [0.3, 0.4) is 0 Å². The maximum absolute atomic E-state index is 12.6. The summed E-state index contributed by atoms with van der Waals surface area (Å²) in [5.41, 5.74) is 5.95. The fourth-order valence-corrected chi connectivity index (χ4v) is 4.32. The topological polar surface area (TPSA) is 57.8 Å². The van der Waals surface area contributed by atoms with Crippen molar-refractivity contribution in [2.75, 3.05) is 24.5 Å². The predicted octanol–water partition coefficient (Wildman–Crippen LogP) is 2.75. The molecule has 0 saturated heterocycles.